The highest BCUT2D eigenvalue weighted by atomic mass is 35.5. The van der Waals surface area contributed by atoms with Crippen LogP contribution in [-0.4, -0.2) is 20.7 Å². The van der Waals surface area contributed by atoms with Gasteiger partial charge in [0.05, 0.1) is 22.7 Å². The lowest BCUT2D eigenvalue weighted by molar-refractivity contribution is 0.0947. The Morgan fingerprint density at radius 3 is 2.93 bits per heavy atom. The van der Waals surface area contributed by atoms with Crippen LogP contribution >= 0.6 is 22.9 Å². The highest BCUT2D eigenvalue weighted by molar-refractivity contribution is 7.16. The summed E-state index contributed by atoms with van der Waals surface area (Å²) in [6.07, 6.45) is 4.20. The Morgan fingerprint density at radius 2 is 2.22 bits per heavy atom. The van der Waals surface area contributed by atoms with Gasteiger partial charge in [0.1, 0.15) is 23.5 Å². The van der Waals surface area contributed by atoms with E-state index >= 15 is 0 Å². The third-order valence-corrected chi connectivity index (χ3v) is 4.97. The number of furan rings is 1. The quantitative estimate of drug-likeness (QED) is 0.524. The van der Waals surface area contributed by atoms with Crippen LogP contribution in [0.5, 0.6) is 0 Å². The van der Waals surface area contributed by atoms with Crippen LogP contribution in [0.2, 0.25) is 4.34 Å². The molecule has 4 rings (SSSR count). The number of aromatic nitrogens is 3. The zero-order chi connectivity index (χ0) is 18.8. The van der Waals surface area contributed by atoms with Crippen molar-refractivity contribution in [3.63, 3.8) is 0 Å². The average Bonchev–Trinajstić information content (AvgIpc) is 3.41. The summed E-state index contributed by atoms with van der Waals surface area (Å²) in [5.74, 6) is -0.515. The number of rotatable bonds is 5. The Morgan fingerprint density at radius 1 is 1.33 bits per heavy atom. The third kappa shape index (κ3) is 3.62. The van der Waals surface area contributed by atoms with Crippen molar-refractivity contribution in [3.8, 4) is 11.4 Å². The van der Waals surface area contributed by atoms with Crippen molar-refractivity contribution in [2.24, 2.45) is 0 Å². The number of carbonyl (C=O) groups is 1. The molecule has 0 saturated heterocycles. The number of nitrogens with one attached hydrogen (secondary N) is 1. The van der Waals surface area contributed by atoms with Gasteiger partial charge in [-0.2, -0.15) is 9.78 Å². The van der Waals surface area contributed by atoms with E-state index in [0.717, 1.165) is 4.88 Å². The number of carbonyl (C=O) groups excluding carboxylic acids is 1. The van der Waals surface area contributed by atoms with Crippen molar-refractivity contribution in [2.75, 3.05) is 5.32 Å². The van der Waals surface area contributed by atoms with Crippen LogP contribution in [0.15, 0.2) is 59.5 Å². The first-order chi connectivity index (χ1) is 13.1. The van der Waals surface area contributed by atoms with Gasteiger partial charge < -0.3 is 9.73 Å². The van der Waals surface area contributed by atoms with E-state index in [-0.39, 0.29) is 11.4 Å². The molecule has 0 aliphatic rings. The zero-order valence-electron chi connectivity index (χ0n) is 13.7. The molecule has 4 aromatic rings. The second-order valence-corrected chi connectivity index (χ2v) is 7.34. The Bertz CT molecular complexity index is 1090. The summed E-state index contributed by atoms with van der Waals surface area (Å²) in [5, 5.41) is 7.40. The number of nitrogens with zero attached hydrogens (tertiary/aromatic N) is 3. The predicted molar refractivity (Wildman–Crippen MR) is 101 cm³/mol. The van der Waals surface area contributed by atoms with Crippen molar-refractivity contribution in [1.29, 1.82) is 0 Å². The Labute approximate surface area is 162 Å². The molecule has 0 aliphatic carbocycles. The van der Waals surface area contributed by atoms with Crippen LogP contribution in [0, 0.1) is 5.82 Å². The van der Waals surface area contributed by atoms with Crippen LogP contribution < -0.4 is 5.32 Å². The summed E-state index contributed by atoms with van der Waals surface area (Å²) in [6.45, 7) is 0.436. The zero-order valence-corrected chi connectivity index (χ0v) is 15.3. The maximum absolute atomic E-state index is 14.1. The van der Waals surface area contributed by atoms with E-state index in [1.165, 1.54) is 52.9 Å². The Hall–Kier alpha value is -2.97. The number of pyridine rings is 1. The number of hydrogen-bond donors (Lipinski definition) is 1. The Kier molecular flexibility index (Phi) is 4.74. The number of halogens is 2. The maximum Gasteiger partial charge on any atom is 0.283 e. The summed E-state index contributed by atoms with van der Waals surface area (Å²) >= 11 is 7.38. The molecular weight excluding hydrogens is 391 g/mol. The van der Waals surface area contributed by atoms with Crippen LogP contribution in [0.25, 0.3) is 11.4 Å². The first kappa shape index (κ1) is 17.4. The second kappa shape index (κ2) is 7.34. The molecule has 9 heteroatoms. The van der Waals surface area contributed by atoms with Gasteiger partial charge in [0.15, 0.2) is 5.82 Å². The lowest BCUT2D eigenvalue weighted by atomic mass is 10.2. The third-order valence-electron chi connectivity index (χ3n) is 3.74. The maximum atomic E-state index is 14.1. The van der Waals surface area contributed by atoms with Crippen LogP contribution in [-0.2, 0) is 6.54 Å². The minimum Gasteiger partial charge on any atom is -0.472 e. The van der Waals surface area contributed by atoms with E-state index in [1.54, 1.807) is 12.1 Å². The number of thiophene rings is 1. The van der Waals surface area contributed by atoms with Gasteiger partial charge in [-0.3, -0.25) is 9.78 Å². The average molecular weight is 403 g/mol. The number of anilines is 1. The summed E-state index contributed by atoms with van der Waals surface area (Å²) in [7, 11) is 0. The molecule has 0 bridgehead atoms. The van der Waals surface area contributed by atoms with Gasteiger partial charge in [-0.25, -0.2) is 4.39 Å². The molecule has 136 valence electrons. The van der Waals surface area contributed by atoms with Gasteiger partial charge in [0, 0.05) is 17.1 Å². The van der Waals surface area contributed by atoms with Gasteiger partial charge in [-0.05, 0) is 30.3 Å². The van der Waals surface area contributed by atoms with Crippen LogP contribution in [0.4, 0.5) is 10.2 Å². The molecular formula is C18H12ClFN4O2S. The van der Waals surface area contributed by atoms with E-state index in [0.29, 0.717) is 22.3 Å². The second-order valence-electron chi connectivity index (χ2n) is 5.54. The SMILES string of the molecule is O=C(c1ccoc1)n1nc(-c2ncccc2F)cc1NCc1ccc(Cl)s1. The molecule has 0 amide bonds. The molecule has 0 fully saturated rings. The molecule has 0 aliphatic heterocycles. The molecule has 1 N–H and O–H groups in total. The molecule has 0 saturated carbocycles. The minimum absolute atomic E-state index is 0.0680. The van der Waals surface area contributed by atoms with Crippen molar-refractivity contribution in [3.05, 3.63) is 75.7 Å². The Balaban J connectivity index is 1.70. The predicted octanol–water partition coefficient (Wildman–Crippen LogP) is 4.69. The van der Waals surface area contributed by atoms with E-state index < -0.39 is 11.7 Å². The van der Waals surface area contributed by atoms with Crippen molar-refractivity contribution < 1.29 is 13.6 Å². The standard InChI is InChI=1S/C18H12ClFN4O2S/c19-15-4-3-12(27-15)9-22-16-8-14(17-13(20)2-1-6-21-17)23-24(16)18(25)11-5-7-26-10-11/h1-8,10,22H,9H2. The number of hydrogen-bond acceptors (Lipinski definition) is 6. The van der Waals surface area contributed by atoms with Crippen molar-refractivity contribution in [1.82, 2.24) is 14.8 Å². The van der Waals surface area contributed by atoms with Crippen LogP contribution in [0.1, 0.15) is 15.2 Å². The fraction of sp³-hybridized carbons (Fsp3) is 0.0556. The normalized spacial score (nSPS) is 10.9. The fourth-order valence-corrected chi connectivity index (χ4v) is 3.51. The molecule has 4 heterocycles. The van der Waals surface area contributed by atoms with Crippen molar-refractivity contribution >= 4 is 34.7 Å². The summed E-state index contributed by atoms with van der Waals surface area (Å²) in [6, 6.07) is 9.59. The van der Waals surface area contributed by atoms with Gasteiger partial charge in [0.2, 0.25) is 0 Å². The van der Waals surface area contributed by atoms with E-state index in [4.69, 9.17) is 16.0 Å². The van der Waals surface area contributed by atoms with Gasteiger partial charge in [0.25, 0.3) is 5.91 Å². The highest BCUT2D eigenvalue weighted by Crippen LogP contribution is 2.26. The summed E-state index contributed by atoms with van der Waals surface area (Å²) in [5.41, 5.74) is 0.642. The topological polar surface area (TPSA) is 73.0 Å². The molecule has 0 unspecified atom stereocenters. The van der Waals surface area contributed by atoms with E-state index in [2.05, 4.69) is 15.4 Å². The molecule has 0 atom stereocenters. The van der Waals surface area contributed by atoms with Gasteiger partial charge >= 0.3 is 0 Å². The first-order valence-electron chi connectivity index (χ1n) is 7.88. The largest absolute Gasteiger partial charge is 0.472 e. The van der Waals surface area contributed by atoms with Gasteiger partial charge in [-0.15, -0.1) is 11.3 Å². The monoisotopic (exact) mass is 402 g/mol. The molecule has 0 spiro atoms. The van der Waals surface area contributed by atoms with Gasteiger partial charge in [-0.1, -0.05) is 11.6 Å². The lowest BCUT2D eigenvalue weighted by Crippen LogP contribution is -2.16. The molecule has 4 aromatic heterocycles. The van der Waals surface area contributed by atoms with E-state index in [9.17, 15) is 9.18 Å². The molecule has 0 radical (unpaired) electrons. The minimum atomic E-state index is -0.519. The fourth-order valence-electron chi connectivity index (χ4n) is 2.48. The van der Waals surface area contributed by atoms with Crippen molar-refractivity contribution in [2.45, 2.75) is 6.54 Å². The van der Waals surface area contributed by atoms with Crippen LogP contribution in [0.3, 0.4) is 0 Å². The molecule has 6 nitrogen and oxygen atoms in total. The summed E-state index contributed by atoms with van der Waals surface area (Å²) in [4.78, 5) is 17.7. The summed E-state index contributed by atoms with van der Waals surface area (Å²) < 4.78 is 20.9. The molecule has 27 heavy (non-hydrogen) atoms. The smallest absolute Gasteiger partial charge is 0.283 e. The lowest BCUT2D eigenvalue weighted by Gasteiger charge is -2.06. The highest BCUT2D eigenvalue weighted by Gasteiger charge is 2.20. The molecule has 0 aromatic carbocycles. The first-order valence-corrected chi connectivity index (χ1v) is 9.07. The van der Waals surface area contributed by atoms with E-state index in [1.807, 2.05) is 6.07 Å².